The Balaban J connectivity index is 0.00000100. The van der Waals surface area contributed by atoms with Crippen LogP contribution < -0.4 is 10.4 Å². The van der Waals surface area contributed by atoms with E-state index in [0.717, 1.165) is 18.4 Å². The second kappa shape index (κ2) is 7.09. The number of rotatable bonds is 2. The van der Waals surface area contributed by atoms with Crippen LogP contribution in [0.1, 0.15) is 67.4 Å². The molecule has 1 aromatic rings. The number of hydrogen-bond donors (Lipinski definition) is 0. The molecule has 1 saturated heterocycles. The molecule has 2 aliphatic heterocycles. The van der Waals surface area contributed by atoms with Gasteiger partial charge in [0, 0.05) is 18.3 Å². The molecule has 0 bridgehead atoms. The van der Waals surface area contributed by atoms with Gasteiger partial charge < -0.3 is 14.2 Å². The predicted octanol–water partition coefficient (Wildman–Crippen LogP) is 4.17. The molecule has 1 aromatic carbocycles. The van der Waals surface area contributed by atoms with E-state index in [2.05, 4.69) is 64.6 Å². The zero-order valence-electron chi connectivity index (χ0n) is 16.8. The summed E-state index contributed by atoms with van der Waals surface area (Å²) in [6.07, 6.45) is 2.36. The van der Waals surface area contributed by atoms with Crippen molar-refractivity contribution in [1.29, 1.82) is 0 Å². The van der Waals surface area contributed by atoms with Crippen LogP contribution in [0.15, 0.2) is 18.2 Å². The SMILES string of the molecule is CC.CC(C)N1CCCc2cc(B3OC(C)(C)C(C)(C)O3)ccc21. The summed E-state index contributed by atoms with van der Waals surface area (Å²) in [6, 6.07) is 7.24. The second-order valence-corrected chi connectivity index (χ2v) is 7.87. The van der Waals surface area contributed by atoms with Crippen molar-refractivity contribution >= 4 is 18.3 Å². The first kappa shape index (κ1) is 19.3. The Hall–Kier alpha value is -0.995. The van der Waals surface area contributed by atoms with Crippen LogP contribution >= 0.6 is 0 Å². The van der Waals surface area contributed by atoms with Crippen LogP contribution in [0.3, 0.4) is 0 Å². The van der Waals surface area contributed by atoms with Gasteiger partial charge in [0.2, 0.25) is 0 Å². The normalized spacial score (nSPS) is 21.4. The van der Waals surface area contributed by atoms with Crippen molar-refractivity contribution in [2.24, 2.45) is 0 Å². The Kier molecular flexibility index (Phi) is 5.71. The molecule has 2 heterocycles. The molecule has 0 N–H and O–H groups in total. The Morgan fingerprint density at radius 1 is 1.04 bits per heavy atom. The number of hydrogen-bond acceptors (Lipinski definition) is 3. The summed E-state index contributed by atoms with van der Waals surface area (Å²) < 4.78 is 12.4. The molecule has 2 aliphatic rings. The van der Waals surface area contributed by atoms with Crippen molar-refractivity contribution in [3.05, 3.63) is 23.8 Å². The largest absolute Gasteiger partial charge is 0.494 e. The molecule has 3 nitrogen and oxygen atoms in total. The highest BCUT2D eigenvalue weighted by Crippen LogP contribution is 2.37. The maximum absolute atomic E-state index is 6.18. The van der Waals surface area contributed by atoms with Crippen molar-refractivity contribution in [1.82, 2.24) is 0 Å². The lowest BCUT2D eigenvalue weighted by atomic mass is 9.77. The van der Waals surface area contributed by atoms with Crippen LogP contribution in [-0.4, -0.2) is 30.9 Å². The molecular weight excluding hydrogens is 297 g/mol. The average molecular weight is 331 g/mol. The summed E-state index contributed by atoms with van der Waals surface area (Å²) in [4.78, 5) is 2.49. The monoisotopic (exact) mass is 331 g/mol. The molecule has 0 aliphatic carbocycles. The minimum absolute atomic E-state index is 0.260. The van der Waals surface area contributed by atoms with E-state index in [9.17, 15) is 0 Å². The molecule has 134 valence electrons. The average Bonchev–Trinajstić information content (AvgIpc) is 2.76. The fourth-order valence-corrected chi connectivity index (χ4v) is 3.31. The van der Waals surface area contributed by atoms with Crippen LogP contribution in [0, 0.1) is 0 Å². The van der Waals surface area contributed by atoms with Crippen LogP contribution in [0.2, 0.25) is 0 Å². The highest BCUT2D eigenvalue weighted by atomic mass is 16.7. The number of nitrogens with zero attached hydrogens (tertiary/aromatic N) is 1. The number of fused-ring (bicyclic) bond motifs is 1. The first-order valence-electron chi connectivity index (χ1n) is 9.46. The van der Waals surface area contributed by atoms with E-state index in [1.807, 2.05) is 13.8 Å². The molecule has 4 heteroatoms. The van der Waals surface area contributed by atoms with Gasteiger partial charge in [0.25, 0.3) is 0 Å². The van der Waals surface area contributed by atoms with E-state index < -0.39 is 0 Å². The highest BCUT2D eigenvalue weighted by molar-refractivity contribution is 6.62. The fraction of sp³-hybridized carbons (Fsp3) is 0.700. The lowest BCUT2D eigenvalue weighted by molar-refractivity contribution is 0.00578. The summed E-state index contributed by atoms with van der Waals surface area (Å²) in [5.74, 6) is 0. The molecule has 0 spiro atoms. The Labute approximate surface area is 148 Å². The Bertz CT molecular complexity index is 553. The van der Waals surface area contributed by atoms with Crippen LogP contribution in [0.25, 0.3) is 0 Å². The van der Waals surface area contributed by atoms with Gasteiger partial charge in [-0.25, -0.2) is 0 Å². The van der Waals surface area contributed by atoms with Crippen molar-refractivity contribution in [3.8, 4) is 0 Å². The number of benzene rings is 1. The highest BCUT2D eigenvalue weighted by Gasteiger charge is 2.51. The first-order chi connectivity index (χ1) is 11.2. The van der Waals surface area contributed by atoms with Crippen molar-refractivity contribution in [3.63, 3.8) is 0 Å². The van der Waals surface area contributed by atoms with Gasteiger partial charge >= 0.3 is 7.12 Å². The smallest absolute Gasteiger partial charge is 0.399 e. The van der Waals surface area contributed by atoms with Crippen molar-refractivity contribution in [2.75, 3.05) is 11.4 Å². The maximum atomic E-state index is 6.18. The van der Waals surface area contributed by atoms with Crippen LogP contribution in [-0.2, 0) is 15.7 Å². The number of aryl methyl sites for hydroxylation is 1. The minimum Gasteiger partial charge on any atom is -0.399 e. The van der Waals surface area contributed by atoms with Gasteiger partial charge in [-0.2, -0.15) is 0 Å². The molecular formula is C20H34BNO2. The van der Waals surface area contributed by atoms with Crippen LogP contribution in [0.5, 0.6) is 0 Å². The summed E-state index contributed by atoms with van der Waals surface area (Å²) in [5, 5.41) is 0. The van der Waals surface area contributed by atoms with E-state index in [1.165, 1.54) is 17.7 Å². The van der Waals surface area contributed by atoms with Crippen molar-refractivity contribution in [2.45, 2.75) is 85.5 Å². The summed E-state index contributed by atoms with van der Waals surface area (Å²) >= 11 is 0. The third-order valence-corrected chi connectivity index (χ3v) is 5.41. The molecule has 1 fully saturated rings. The van der Waals surface area contributed by atoms with E-state index >= 15 is 0 Å². The quantitative estimate of drug-likeness (QED) is 0.759. The van der Waals surface area contributed by atoms with Gasteiger partial charge in [-0.15, -0.1) is 0 Å². The lowest BCUT2D eigenvalue weighted by Gasteiger charge is -2.35. The van der Waals surface area contributed by atoms with E-state index in [0.29, 0.717) is 6.04 Å². The third kappa shape index (κ3) is 3.50. The fourth-order valence-electron chi connectivity index (χ4n) is 3.31. The molecule has 3 rings (SSSR count). The molecule has 0 atom stereocenters. The van der Waals surface area contributed by atoms with Crippen LogP contribution in [0.4, 0.5) is 5.69 Å². The van der Waals surface area contributed by atoms with Gasteiger partial charge in [-0.1, -0.05) is 26.0 Å². The third-order valence-electron chi connectivity index (χ3n) is 5.41. The summed E-state index contributed by atoms with van der Waals surface area (Å²) in [6.45, 7) is 18.1. The van der Waals surface area contributed by atoms with Gasteiger partial charge in [-0.05, 0) is 71.5 Å². The zero-order chi connectivity index (χ0) is 18.1. The summed E-state index contributed by atoms with van der Waals surface area (Å²) in [7, 11) is -0.260. The van der Waals surface area contributed by atoms with Gasteiger partial charge in [0.05, 0.1) is 11.2 Å². The summed E-state index contributed by atoms with van der Waals surface area (Å²) in [5.41, 5.74) is 3.38. The topological polar surface area (TPSA) is 21.7 Å². The standard InChI is InChI=1S/C18H28BNO2.C2H6/c1-13(2)20-11-7-8-14-12-15(9-10-16(14)20)19-21-17(3,4)18(5,6)22-19;1-2/h9-10,12-13H,7-8,11H2,1-6H3;1-2H3. The first-order valence-corrected chi connectivity index (χ1v) is 9.46. The number of anilines is 1. The van der Waals surface area contributed by atoms with Gasteiger partial charge in [0.1, 0.15) is 0 Å². The Morgan fingerprint density at radius 3 is 2.17 bits per heavy atom. The van der Waals surface area contributed by atoms with E-state index in [-0.39, 0.29) is 18.3 Å². The minimum atomic E-state index is -0.280. The molecule has 0 unspecified atom stereocenters. The molecule has 0 radical (unpaired) electrons. The molecule has 0 aromatic heterocycles. The Morgan fingerprint density at radius 2 is 1.62 bits per heavy atom. The second-order valence-electron chi connectivity index (χ2n) is 7.87. The van der Waals surface area contributed by atoms with Gasteiger partial charge in [0.15, 0.2) is 0 Å². The van der Waals surface area contributed by atoms with E-state index in [4.69, 9.17) is 9.31 Å². The zero-order valence-corrected chi connectivity index (χ0v) is 16.8. The predicted molar refractivity (Wildman–Crippen MR) is 104 cm³/mol. The van der Waals surface area contributed by atoms with E-state index in [1.54, 1.807) is 0 Å². The van der Waals surface area contributed by atoms with Gasteiger partial charge in [-0.3, -0.25) is 0 Å². The van der Waals surface area contributed by atoms with Crippen molar-refractivity contribution < 1.29 is 9.31 Å². The molecule has 0 saturated carbocycles. The lowest BCUT2D eigenvalue weighted by Crippen LogP contribution is -2.41. The molecule has 24 heavy (non-hydrogen) atoms. The molecule has 0 amide bonds. The maximum Gasteiger partial charge on any atom is 0.494 e.